The van der Waals surface area contributed by atoms with Gasteiger partial charge in [-0.1, -0.05) is 0 Å². The molecule has 0 aliphatic rings. The van der Waals surface area contributed by atoms with Gasteiger partial charge >= 0.3 is 95.4 Å². The summed E-state index contributed by atoms with van der Waals surface area (Å²) in [5.74, 6) is -103. The highest BCUT2D eigenvalue weighted by Crippen LogP contribution is 2.64. The first-order valence-corrected chi connectivity index (χ1v) is 13.8. The molecule has 0 aromatic carbocycles. The quantitative estimate of drug-likeness (QED) is 0.0720. The maximum Gasteiger partial charge on any atom is 0.460 e. The van der Waals surface area contributed by atoms with Crippen LogP contribution >= 0.6 is 0 Å². The maximum absolute atomic E-state index is 13.9. The molecule has 36 heteroatoms. The summed E-state index contributed by atoms with van der Waals surface area (Å²) in [6.07, 6.45) is -30.7. The predicted octanol–water partition coefficient (Wildman–Crippen LogP) is 8.88. The summed E-state index contributed by atoms with van der Waals surface area (Å²) in [5.41, 5.74) is 0. The molecule has 0 saturated heterocycles. The molecule has 0 radical (unpaired) electrons. The Morgan fingerprint density at radius 1 is 0.350 bits per heavy atom. The van der Waals surface area contributed by atoms with Gasteiger partial charge in [0.05, 0.1) is 12.2 Å². The zero-order valence-electron chi connectivity index (χ0n) is 27.0. The molecule has 0 aromatic heterocycles. The Bertz CT molecular complexity index is 1430. The molecule has 0 amide bonds. The molecule has 0 aliphatic carbocycles. The Balaban J connectivity index is 5.72. The lowest BCUT2D eigenvalue weighted by Crippen LogP contribution is -2.72. The van der Waals surface area contributed by atoms with Crippen LogP contribution in [0, 0.1) is 0 Å². The molecule has 0 saturated carbocycles. The van der Waals surface area contributed by atoms with Crippen molar-refractivity contribution in [2.45, 2.75) is 108 Å². The fourth-order valence-corrected chi connectivity index (χ4v) is 3.55. The second kappa shape index (κ2) is 16.3. The molecule has 6 nitrogen and oxygen atoms in total. The van der Waals surface area contributed by atoms with E-state index in [1.807, 2.05) is 0 Å². The molecular weight excluding hydrogens is 954 g/mol. The minimum absolute atomic E-state index is 0.436. The number of hydrogen-bond donors (Lipinski definition) is 2. The van der Waals surface area contributed by atoms with Crippen molar-refractivity contribution in [3.63, 3.8) is 0 Å². The van der Waals surface area contributed by atoms with Crippen molar-refractivity contribution >= 4 is 11.9 Å². The van der Waals surface area contributed by atoms with Crippen molar-refractivity contribution in [2.24, 2.45) is 0 Å². The summed E-state index contributed by atoms with van der Waals surface area (Å²) in [5, 5.41) is 18.5. The largest absolute Gasteiger partial charge is 0.460 e. The third-order valence-electron chi connectivity index (χ3n) is 6.96. The van der Waals surface area contributed by atoms with E-state index in [1.54, 1.807) is 0 Å². The standard InChI is InChI=1S/C24H14F30O6/c25-11(26,13(29,30)15(33,34)17(37,38)19(41,42)21(45,46)23(49,50)51)3-7(55)5-59-9(57)1-2-10(58)60-6-8(56)4-12(27,28)14(31,32)16(35,36)18(39,40)20(43,44)22(47,48)24(52,53)54/h1-2,7-8,55-56H,3-6H2/b2-1-. The van der Waals surface area contributed by atoms with E-state index in [9.17, 15) is 152 Å². The molecule has 60 heavy (non-hydrogen) atoms. The van der Waals surface area contributed by atoms with Gasteiger partial charge in [-0.3, -0.25) is 0 Å². The third kappa shape index (κ3) is 9.30. The molecule has 0 aromatic rings. The molecule has 0 heterocycles. The number of carbonyl (C=O) groups is 2. The Labute approximate surface area is 308 Å². The Kier molecular flexibility index (Phi) is 15.4. The number of ether oxygens (including phenoxy) is 2. The van der Waals surface area contributed by atoms with Crippen LogP contribution in [0.4, 0.5) is 132 Å². The van der Waals surface area contributed by atoms with E-state index in [1.165, 1.54) is 0 Å². The highest BCUT2D eigenvalue weighted by molar-refractivity contribution is 5.91. The van der Waals surface area contributed by atoms with Crippen molar-refractivity contribution in [3.8, 4) is 0 Å². The molecule has 0 fully saturated rings. The lowest BCUT2D eigenvalue weighted by Gasteiger charge is -2.41. The van der Waals surface area contributed by atoms with Crippen LogP contribution in [0.5, 0.6) is 0 Å². The van der Waals surface area contributed by atoms with Crippen LogP contribution in [0.3, 0.4) is 0 Å². The second-order valence-corrected chi connectivity index (χ2v) is 11.5. The van der Waals surface area contributed by atoms with Crippen LogP contribution in [-0.2, 0) is 19.1 Å². The average molecular weight is 968 g/mol. The highest BCUT2D eigenvalue weighted by atomic mass is 19.4. The summed E-state index contributed by atoms with van der Waals surface area (Å²) in [6.45, 7) is -4.53. The first kappa shape index (κ1) is 56.5. The normalized spacial score (nSPS) is 16.9. The van der Waals surface area contributed by atoms with Crippen molar-refractivity contribution in [3.05, 3.63) is 12.2 Å². The molecule has 0 bridgehead atoms. The third-order valence-corrected chi connectivity index (χ3v) is 6.96. The van der Waals surface area contributed by atoms with Gasteiger partial charge in [-0.2, -0.15) is 132 Å². The first-order chi connectivity index (χ1) is 25.8. The minimum Gasteiger partial charge on any atom is -0.460 e. The van der Waals surface area contributed by atoms with Crippen molar-refractivity contribution in [2.75, 3.05) is 13.2 Å². The first-order valence-electron chi connectivity index (χ1n) is 13.8. The van der Waals surface area contributed by atoms with Gasteiger partial charge < -0.3 is 19.7 Å². The summed E-state index contributed by atoms with van der Waals surface area (Å²) in [4.78, 5) is 22.9. The summed E-state index contributed by atoms with van der Waals surface area (Å²) < 4.78 is 404. The van der Waals surface area contributed by atoms with E-state index in [0.717, 1.165) is 0 Å². The van der Waals surface area contributed by atoms with E-state index in [-0.39, 0.29) is 0 Å². The van der Waals surface area contributed by atoms with E-state index < -0.39 is 146 Å². The SMILES string of the molecule is O=C(/C=C\C(=O)OCC(O)CC(F)(F)C(F)(F)C(F)(F)C(F)(F)C(F)(F)C(F)(F)C(F)(F)F)OCC(O)CC(F)(F)C(F)(F)C(F)(F)C(F)(F)C(F)(F)C(F)(F)C(F)(F)F. The highest BCUT2D eigenvalue weighted by Gasteiger charge is 2.94. The van der Waals surface area contributed by atoms with Gasteiger partial charge in [0, 0.05) is 25.0 Å². The van der Waals surface area contributed by atoms with Gasteiger partial charge in [0.1, 0.15) is 13.2 Å². The number of rotatable bonds is 20. The number of esters is 2. The zero-order chi connectivity index (χ0) is 49.0. The number of aliphatic hydroxyl groups excluding tert-OH is 2. The van der Waals surface area contributed by atoms with Crippen molar-refractivity contribution < 1.29 is 161 Å². The van der Waals surface area contributed by atoms with Gasteiger partial charge in [0.15, 0.2) is 0 Å². The Morgan fingerprint density at radius 3 is 0.733 bits per heavy atom. The fraction of sp³-hybridized carbons (Fsp3) is 0.833. The van der Waals surface area contributed by atoms with Gasteiger partial charge in [-0.15, -0.1) is 0 Å². The van der Waals surface area contributed by atoms with Gasteiger partial charge in [-0.05, 0) is 0 Å². The van der Waals surface area contributed by atoms with E-state index in [4.69, 9.17) is 0 Å². The van der Waals surface area contributed by atoms with Crippen LogP contribution < -0.4 is 0 Å². The van der Waals surface area contributed by atoms with Crippen LogP contribution in [0.1, 0.15) is 12.8 Å². The molecule has 2 unspecified atom stereocenters. The van der Waals surface area contributed by atoms with Crippen molar-refractivity contribution in [1.82, 2.24) is 0 Å². The van der Waals surface area contributed by atoms with E-state index in [0.29, 0.717) is 0 Å². The monoisotopic (exact) mass is 968 g/mol. The molecule has 2 atom stereocenters. The summed E-state index contributed by atoms with van der Waals surface area (Å²) >= 11 is 0. The number of carbonyl (C=O) groups excluding carboxylic acids is 2. The maximum atomic E-state index is 13.9. The molecule has 0 spiro atoms. The lowest BCUT2D eigenvalue weighted by molar-refractivity contribution is -0.453. The van der Waals surface area contributed by atoms with E-state index >= 15 is 0 Å². The van der Waals surface area contributed by atoms with Gasteiger partial charge in [0.25, 0.3) is 0 Å². The number of halogens is 30. The summed E-state index contributed by atoms with van der Waals surface area (Å²) in [7, 11) is 0. The van der Waals surface area contributed by atoms with E-state index in [2.05, 4.69) is 9.47 Å². The average Bonchev–Trinajstić information content (AvgIpc) is 3.02. The number of alkyl halides is 30. The summed E-state index contributed by atoms with van der Waals surface area (Å²) in [6, 6.07) is 0. The number of hydrogen-bond acceptors (Lipinski definition) is 6. The topological polar surface area (TPSA) is 93.1 Å². The second-order valence-electron chi connectivity index (χ2n) is 11.5. The molecular formula is C24H14F30O6. The lowest BCUT2D eigenvalue weighted by atomic mass is 9.89. The predicted molar refractivity (Wildman–Crippen MR) is 124 cm³/mol. The molecule has 356 valence electrons. The van der Waals surface area contributed by atoms with Gasteiger partial charge in [-0.25, -0.2) is 9.59 Å². The fourth-order valence-electron chi connectivity index (χ4n) is 3.55. The zero-order valence-corrected chi connectivity index (χ0v) is 27.0. The molecule has 2 N–H and O–H groups in total. The van der Waals surface area contributed by atoms with Crippen LogP contribution in [0.15, 0.2) is 12.2 Å². The molecule has 0 aliphatic heterocycles. The molecule has 0 rings (SSSR count). The van der Waals surface area contributed by atoms with Crippen LogP contribution in [0.2, 0.25) is 0 Å². The minimum atomic E-state index is -8.69. The van der Waals surface area contributed by atoms with Gasteiger partial charge in [0.2, 0.25) is 0 Å². The smallest absolute Gasteiger partial charge is 0.460 e. The Morgan fingerprint density at radius 2 is 0.533 bits per heavy atom. The Hall–Kier alpha value is -3.50. The van der Waals surface area contributed by atoms with Crippen LogP contribution in [0.25, 0.3) is 0 Å². The van der Waals surface area contributed by atoms with Crippen LogP contribution in [-0.4, -0.2) is 131 Å². The number of aliphatic hydroxyl groups is 2. The van der Waals surface area contributed by atoms with Crippen molar-refractivity contribution in [1.29, 1.82) is 0 Å².